The average molecular weight is 101 g/mol. The van der Waals surface area contributed by atoms with E-state index in [1.54, 1.807) is 6.69 Å². The SMILES string of the molecule is B#P(C)B=BB=B. The van der Waals surface area contributed by atoms with Gasteiger partial charge in [-0.15, -0.1) is 0 Å². The van der Waals surface area contributed by atoms with Crippen molar-refractivity contribution < 1.29 is 0 Å². The van der Waals surface area contributed by atoms with Crippen LogP contribution in [0, 0.1) is 0 Å². The molecule has 7 heavy (non-hydrogen) atoms. The summed E-state index contributed by atoms with van der Waals surface area (Å²) in [5, 5.41) is 0. The monoisotopic (exact) mass is 102 g/mol. The Hall–Kier alpha value is 0.625. The second-order valence-electron chi connectivity index (χ2n) is 1.24. The van der Waals surface area contributed by atoms with Gasteiger partial charge in [0.25, 0.3) is 0 Å². The summed E-state index contributed by atoms with van der Waals surface area (Å²) in [6.07, 6.45) is 0. The molecule has 0 spiro atoms. The maximum absolute atomic E-state index is 5.41. The van der Waals surface area contributed by atoms with Gasteiger partial charge in [0, 0.05) is 0 Å². The van der Waals surface area contributed by atoms with Crippen LogP contribution in [0.2, 0.25) is 0 Å². The zero-order chi connectivity index (χ0) is 5.70. The molecule has 1 atom stereocenters. The Balaban J connectivity index is 3.54. The molecule has 0 aromatic rings. The first-order valence-corrected chi connectivity index (χ1v) is 3.97. The first-order chi connectivity index (χ1) is 3.27. The molecule has 28 valence electrons. The third-order valence-electron chi connectivity index (χ3n) is 0.457. The fraction of sp³-hybridized carbons (Fsp3) is 1.00. The van der Waals surface area contributed by atoms with Gasteiger partial charge in [-0.3, -0.25) is 0 Å². The van der Waals surface area contributed by atoms with Crippen LogP contribution in [0.5, 0.6) is 0 Å². The van der Waals surface area contributed by atoms with E-state index in [1.165, 1.54) is 0 Å². The molecule has 0 aliphatic carbocycles. The topological polar surface area (TPSA) is 0 Å². The van der Waals surface area contributed by atoms with Crippen molar-refractivity contribution in [2.24, 2.45) is 0 Å². The molecule has 0 bridgehead atoms. The van der Waals surface area contributed by atoms with Crippen LogP contribution in [0.15, 0.2) is 0 Å². The van der Waals surface area contributed by atoms with E-state index in [0.717, 1.165) is 0 Å². The predicted octanol–water partition coefficient (Wildman–Crippen LogP) is -1.15. The summed E-state index contributed by atoms with van der Waals surface area (Å²) >= 11 is 0. The molecule has 0 saturated heterocycles. The van der Waals surface area contributed by atoms with Crippen molar-refractivity contribution in [3.05, 3.63) is 0 Å². The molecule has 0 aliphatic heterocycles. The Morgan fingerprint density at radius 2 is 2.29 bits per heavy atom. The van der Waals surface area contributed by atoms with E-state index in [0.29, 0.717) is 0 Å². The van der Waals surface area contributed by atoms with Gasteiger partial charge in [0.15, 0.2) is 0 Å². The van der Waals surface area contributed by atoms with Crippen molar-refractivity contribution in [1.29, 1.82) is 0 Å². The summed E-state index contributed by atoms with van der Waals surface area (Å²) in [7, 11) is 8.55. The summed E-state index contributed by atoms with van der Waals surface area (Å²) in [6.45, 7) is 7.52. The molecule has 0 heterocycles. The third kappa shape index (κ3) is 6.62. The van der Waals surface area contributed by atoms with Crippen molar-refractivity contribution in [2.45, 2.75) is 0 Å². The number of hydrogen-bond acceptors (Lipinski definition) is 0. The van der Waals surface area contributed by atoms with Gasteiger partial charge >= 0.3 is 48.1 Å². The Kier molecular flexibility index (Phi) is 5.20. The Labute approximate surface area is 48.8 Å². The fourth-order valence-corrected chi connectivity index (χ4v) is 0.590. The molecule has 0 saturated carbocycles. The van der Waals surface area contributed by atoms with Gasteiger partial charge in [-0.25, -0.2) is 0 Å². The van der Waals surface area contributed by atoms with E-state index in [9.17, 15) is 0 Å². The van der Waals surface area contributed by atoms with Gasteiger partial charge in [0.05, 0.1) is 0 Å². The number of hydrogen-bond donors (Lipinski definition) is 0. The number of rotatable bonds is 1. The van der Waals surface area contributed by atoms with E-state index < -0.39 is 0 Å². The van der Waals surface area contributed by atoms with Crippen LogP contribution in [0.3, 0.4) is 0 Å². The third-order valence-corrected chi connectivity index (χ3v) is 1.10. The molecule has 0 aromatic heterocycles. The van der Waals surface area contributed by atoms with E-state index in [2.05, 4.69) is 7.37 Å². The van der Waals surface area contributed by atoms with Crippen molar-refractivity contribution in [1.82, 2.24) is 0 Å². The normalized spacial score (nSPS) is 9.14. The van der Waals surface area contributed by atoms with Crippen molar-refractivity contribution in [3.63, 3.8) is 0 Å². The predicted molar refractivity (Wildman–Crippen MR) is 43.0 cm³/mol. The molecular formula is CH4B5P. The van der Waals surface area contributed by atoms with Crippen LogP contribution in [-0.4, -0.2) is 40.9 Å². The molecule has 0 nitrogen and oxygen atoms in total. The van der Waals surface area contributed by atoms with Crippen LogP contribution >= 0.6 is 7.12 Å². The summed E-state index contributed by atoms with van der Waals surface area (Å²) < 4.78 is 0. The Morgan fingerprint density at radius 3 is 2.43 bits per heavy atom. The molecule has 0 aromatic carbocycles. The minimum absolute atomic E-state index is 0.358. The molecule has 0 fully saturated rings. The summed E-state index contributed by atoms with van der Waals surface area (Å²) in [5.41, 5.74) is 0. The van der Waals surface area contributed by atoms with Crippen LogP contribution in [0.4, 0.5) is 0 Å². The van der Waals surface area contributed by atoms with Crippen LogP contribution in [0.25, 0.3) is 0 Å². The zero-order valence-electron chi connectivity index (χ0n) is 4.46. The van der Waals surface area contributed by atoms with E-state index in [1.807, 2.05) is 19.9 Å². The maximum atomic E-state index is 5.41. The van der Waals surface area contributed by atoms with Gasteiger partial charge in [-0.2, -0.15) is 0 Å². The molecule has 6 heteroatoms. The fourth-order valence-electron chi connectivity index (χ4n) is 0.197. The van der Waals surface area contributed by atoms with Crippen molar-refractivity contribution in [3.8, 4) is 0 Å². The van der Waals surface area contributed by atoms with E-state index in [4.69, 9.17) is 7.01 Å². The van der Waals surface area contributed by atoms with Gasteiger partial charge in [0.1, 0.15) is 0 Å². The molecule has 0 amide bonds. The van der Waals surface area contributed by atoms with Crippen LogP contribution in [-0.2, 0) is 0 Å². The minimum atomic E-state index is -0.358. The average Bonchev–Trinajstić information content (AvgIpc) is 1.61. The van der Waals surface area contributed by atoms with Gasteiger partial charge in [0.2, 0.25) is 0 Å². The molecule has 1 unspecified atom stereocenters. The van der Waals surface area contributed by atoms with Crippen LogP contribution in [0.1, 0.15) is 0 Å². The first kappa shape index (κ1) is 7.62. The second kappa shape index (κ2) is 4.78. The zero-order valence-corrected chi connectivity index (χ0v) is 5.36. The first-order valence-electron chi connectivity index (χ1n) is 2.04. The van der Waals surface area contributed by atoms with E-state index in [-0.39, 0.29) is 7.12 Å². The van der Waals surface area contributed by atoms with Crippen molar-refractivity contribution in [2.75, 3.05) is 6.66 Å². The molecular weight excluding hydrogens is 97.0 g/mol. The van der Waals surface area contributed by atoms with Crippen molar-refractivity contribution >= 4 is 41.4 Å². The van der Waals surface area contributed by atoms with Crippen LogP contribution < -0.4 is 0 Å². The van der Waals surface area contributed by atoms with Gasteiger partial charge < -0.3 is 0 Å². The summed E-state index contributed by atoms with van der Waals surface area (Å²) in [6, 6.07) is 0. The Morgan fingerprint density at radius 1 is 1.71 bits per heavy atom. The molecule has 0 aliphatic rings. The molecule has 0 rings (SSSR count). The second-order valence-corrected chi connectivity index (χ2v) is 2.87. The molecule has 0 radical (unpaired) electrons. The summed E-state index contributed by atoms with van der Waals surface area (Å²) in [4.78, 5) is 0. The van der Waals surface area contributed by atoms with Gasteiger partial charge in [-0.1, -0.05) is 0 Å². The van der Waals surface area contributed by atoms with Gasteiger partial charge in [-0.05, 0) is 0 Å². The standard InChI is InChI=1S/CH4B5P/c1-7(3)6-5-4-2/h2H,1H3. The van der Waals surface area contributed by atoms with E-state index >= 15 is 0 Å². The molecule has 0 N–H and O–H groups in total. The quantitative estimate of drug-likeness (QED) is 0.289. The summed E-state index contributed by atoms with van der Waals surface area (Å²) in [5.74, 6) is 0. The Bertz CT molecular complexity index is 138.